The lowest BCUT2D eigenvalue weighted by atomic mass is 10.1. The molecule has 2 aromatic heterocycles. The second-order valence-corrected chi connectivity index (χ2v) is 10.5. The molecule has 1 atom stereocenters. The standard InChI is InChI=1S/C23H22N4O5S2/c1-32-23(29)20(13-16-7-9-19(28)10-8-16)27-15-18(25-26-27)14-24-34(30,31)22-12-11-21(33-22)17-5-3-2-4-6-17/h2-12,15,20,24,28H,13-14H2,1H3/t20-/m1/s1. The average Bonchev–Trinajstić information content (AvgIpc) is 3.53. The van der Waals surface area contributed by atoms with Crippen LogP contribution in [0.1, 0.15) is 17.3 Å². The highest BCUT2D eigenvalue weighted by Crippen LogP contribution is 2.30. The van der Waals surface area contributed by atoms with Crippen molar-refractivity contribution in [3.63, 3.8) is 0 Å². The molecule has 9 nitrogen and oxygen atoms in total. The molecule has 0 aliphatic heterocycles. The van der Waals surface area contributed by atoms with E-state index >= 15 is 0 Å². The lowest BCUT2D eigenvalue weighted by Crippen LogP contribution is -2.24. The molecule has 2 N–H and O–H groups in total. The van der Waals surface area contributed by atoms with Crippen LogP contribution in [0.25, 0.3) is 10.4 Å². The molecule has 0 aliphatic rings. The van der Waals surface area contributed by atoms with Crippen LogP contribution in [0.4, 0.5) is 0 Å². The Labute approximate surface area is 200 Å². The highest BCUT2D eigenvalue weighted by Gasteiger charge is 2.24. The van der Waals surface area contributed by atoms with Crippen LogP contribution in [-0.2, 0) is 32.5 Å². The summed E-state index contributed by atoms with van der Waals surface area (Å²) in [7, 11) is -2.47. The predicted octanol–water partition coefficient (Wildman–Crippen LogP) is 3.15. The minimum Gasteiger partial charge on any atom is -0.508 e. The van der Waals surface area contributed by atoms with E-state index in [9.17, 15) is 18.3 Å². The van der Waals surface area contributed by atoms with Gasteiger partial charge in [-0.3, -0.25) is 0 Å². The monoisotopic (exact) mass is 498 g/mol. The van der Waals surface area contributed by atoms with Gasteiger partial charge in [0.15, 0.2) is 6.04 Å². The number of ether oxygens (including phenoxy) is 1. The van der Waals surface area contributed by atoms with Crippen molar-refractivity contribution < 1.29 is 23.1 Å². The summed E-state index contributed by atoms with van der Waals surface area (Å²) in [5.41, 5.74) is 2.08. The Kier molecular flexibility index (Phi) is 7.06. The number of hydrogen-bond donors (Lipinski definition) is 2. The van der Waals surface area contributed by atoms with E-state index in [0.717, 1.165) is 16.0 Å². The zero-order valence-electron chi connectivity index (χ0n) is 18.2. The summed E-state index contributed by atoms with van der Waals surface area (Å²) in [4.78, 5) is 13.2. The zero-order valence-corrected chi connectivity index (χ0v) is 19.8. The summed E-state index contributed by atoms with van der Waals surface area (Å²) >= 11 is 1.18. The number of phenolic OH excluding ortho intramolecular Hbond substituents is 1. The first-order valence-corrected chi connectivity index (χ1v) is 12.6. The Morgan fingerprint density at radius 2 is 1.85 bits per heavy atom. The molecule has 2 aromatic carbocycles. The zero-order chi connectivity index (χ0) is 24.1. The summed E-state index contributed by atoms with van der Waals surface area (Å²) in [6.45, 7) is -0.0893. The number of hydrogen-bond acceptors (Lipinski definition) is 8. The average molecular weight is 499 g/mol. The van der Waals surface area contributed by atoms with Crippen molar-refractivity contribution in [2.75, 3.05) is 7.11 Å². The number of carbonyl (C=O) groups is 1. The number of aromatic hydroxyl groups is 1. The van der Waals surface area contributed by atoms with E-state index in [1.54, 1.807) is 24.3 Å². The van der Waals surface area contributed by atoms with E-state index in [1.807, 2.05) is 30.3 Å². The van der Waals surface area contributed by atoms with Gasteiger partial charge in [0, 0.05) is 11.3 Å². The second-order valence-electron chi connectivity index (χ2n) is 7.41. The lowest BCUT2D eigenvalue weighted by Gasteiger charge is -2.14. The maximum Gasteiger partial charge on any atom is 0.331 e. The molecular formula is C23H22N4O5S2. The molecule has 0 spiro atoms. The smallest absolute Gasteiger partial charge is 0.331 e. The summed E-state index contributed by atoms with van der Waals surface area (Å²) in [5, 5.41) is 17.5. The Balaban J connectivity index is 1.45. The third-order valence-corrected chi connectivity index (χ3v) is 8.09. The van der Waals surface area contributed by atoms with Gasteiger partial charge in [-0.1, -0.05) is 47.7 Å². The van der Waals surface area contributed by atoms with Crippen molar-refractivity contribution in [1.29, 1.82) is 0 Å². The molecule has 0 bridgehead atoms. The number of phenols is 1. The first-order chi connectivity index (χ1) is 16.4. The third kappa shape index (κ3) is 5.50. The Bertz CT molecular complexity index is 1370. The minimum atomic E-state index is -3.75. The molecular weight excluding hydrogens is 476 g/mol. The minimum absolute atomic E-state index is 0.0893. The molecule has 176 valence electrons. The topological polar surface area (TPSA) is 123 Å². The number of esters is 1. The van der Waals surface area contributed by atoms with Gasteiger partial charge in [0.1, 0.15) is 9.96 Å². The van der Waals surface area contributed by atoms with Crippen LogP contribution in [0, 0.1) is 0 Å². The fourth-order valence-corrected chi connectivity index (χ4v) is 5.64. The van der Waals surface area contributed by atoms with Gasteiger partial charge in [-0.25, -0.2) is 22.6 Å². The van der Waals surface area contributed by atoms with Crippen LogP contribution >= 0.6 is 11.3 Å². The first kappa shape index (κ1) is 23.6. The van der Waals surface area contributed by atoms with Gasteiger partial charge in [0.05, 0.1) is 25.5 Å². The SMILES string of the molecule is COC(=O)[C@@H](Cc1ccc(O)cc1)n1cc(CNS(=O)(=O)c2ccc(-c3ccccc3)s2)nn1. The van der Waals surface area contributed by atoms with Gasteiger partial charge in [-0.05, 0) is 35.4 Å². The van der Waals surface area contributed by atoms with E-state index in [2.05, 4.69) is 15.0 Å². The molecule has 0 saturated carbocycles. The second kappa shape index (κ2) is 10.2. The highest BCUT2D eigenvalue weighted by molar-refractivity contribution is 7.91. The van der Waals surface area contributed by atoms with E-state index in [4.69, 9.17) is 4.74 Å². The number of nitrogens with zero attached hydrogens (tertiary/aromatic N) is 3. The van der Waals surface area contributed by atoms with Crippen LogP contribution in [0.2, 0.25) is 0 Å². The van der Waals surface area contributed by atoms with Crippen LogP contribution in [-0.4, -0.2) is 41.6 Å². The molecule has 34 heavy (non-hydrogen) atoms. The number of carbonyl (C=O) groups excluding carboxylic acids is 1. The molecule has 2 heterocycles. The molecule has 0 aliphatic carbocycles. The molecule has 0 radical (unpaired) electrons. The normalized spacial score (nSPS) is 12.4. The Morgan fingerprint density at radius 1 is 1.12 bits per heavy atom. The van der Waals surface area contributed by atoms with Crippen LogP contribution < -0.4 is 4.72 Å². The van der Waals surface area contributed by atoms with Crippen molar-refractivity contribution in [2.45, 2.75) is 23.2 Å². The number of methoxy groups -OCH3 is 1. The number of aromatic nitrogens is 3. The number of thiophene rings is 1. The van der Waals surface area contributed by atoms with Crippen molar-refractivity contribution >= 4 is 27.3 Å². The van der Waals surface area contributed by atoms with Crippen LogP contribution in [0.3, 0.4) is 0 Å². The fourth-order valence-electron chi connectivity index (χ4n) is 3.29. The van der Waals surface area contributed by atoms with Crippen molar-refractivity contribution in [1.82, 2.24) is 19.7 Å². The molecule has 0 unspecified atom stereocenters. The Hall–Kier alpha value is -3.54. The lowest BCUT2D eigenvalue weighted by molar-refractivity contribution is -0.144. The number of benzene rings is 2. The summed E-state index contributed by atoms with van der Waals surface area (Å²) in [6, 6.07) is 18.5. The predicted molar refractivity (Wildman–Crippen MR) is 127 cm³/mol. The summed E-state index contributed by atoms with van der Waals surface area (Å²) in [6.07, 6.45) is 1.77. The van der Waals surface area contributed by atoms with Gasteiger partial charge in [0.2, 0.25) is 10.0 Å². The molecule has 0 fully saturated rings. The van der Waals surface area contributed by atoms with E-state index < -0.39 is 22.0 Å². The van der Waals surface area contributed by atoms with Gasteiger partial charge < -0.3 is 9.84 Å². The molecule has 4 rings (SSSR count). The van der Waals surface area contributed by atoms with Gasteiger partial charge in [-0.2, -0.15) is 0 Å². The Morgan fingerprint density at radius 3 is 2.56 bits per heavy atom. The van der Waals surface area contributed by atoms with E-state index in [-0.39, 0.29) is 22.9 Å². The highest BCUT2D eigenvalue weighted by atomic mass is 32.2. The molecule has 0 saturated heterocycles. The molecule has 11 heteroatoms. The maximum absolute atomic E-state index is 12.8. The van der Waals surface area contributed by atoms with Gasteiger partial charge in [0.25, 0.3) is 0 Å². The van der Waals surface area contributed by atoms with Crippen molar-refractivity contribution in [3.8, 4) is 16.2 Å². The quantitative estimate of drug-likeness (QED) is 0.340. The number of rotatable bonds is 9. The fraction of sp³-hybridized carbons (Fsp3) is 0.174. The molecule has 4 aromatic rings. The first-order valence-electron chi connectivity index (χ1n) is 10.3. The number of sulfonamides is 1. The van der Waals surface area contributed by atoms with Crippen LogP contribution in [0.5, 0.6) is 5.75 Å². The van der Waals surface area contributed by atoms with Crippen molar-refractivity contribution in [2.24, 2.45) is 0 Å². The maximum atomic E-state index is 12.8. The van der Waals surface area contributed by atoms with Gasteiger partial charge in [-0.15, -0.1) is 16.4 Å². The van der Waals surface area contributed by atoms with E-state index in [0.29, 0.717) is 5.69 Å². The molecule has 0 amide bonds. The summed E-state index contributed by atoms with van der Waals surface area (Å²) < 4.78 is 34.5. The van der Waals surface area contributed by atoms with E-state index in [1.165, 1.54) is 41.5 Å². The van der Waals surface area contributed by atoms with Crippen LogP contribution in [0.15, 0.2) is 77.1 Å². The van der Waals surface area contributed by atoms with Gasteiger partial charge >= 0.3 is 5.97 Å². The number of nitrogens with one attached hydrogen (secondary N) is 1. The van der Waals surface area contributed by atoms with Crippen molar-refractivity contribution in [3.05, 3.63) is 84.2 Å². The largest absolute Gasteiger partial charge is 0.508 e. The summed E-state index contributed by atoms with van der Waals surface area (Å²) in [5.74, 6) is -0.396. The third-order valence-electron chi connectivity index (χ3n) is 5.06.